The van der Waals surface area contributed by atoms with E-state index >= 15 is 0 Å². The van der Waals surface area contributed by atoms with Crippen LogP contribution in [0.25, 0.3) is 0 Å². The van der Waals surface area contributed by atoms with Gasteiger partial charge in [0.25, 0.3) is 0 Å². The Balaban J connectivity index is 0.00000400. The van der Waals surface area contributed by atoms with Crippen LogP contribution in [0.1, 0.15) is 31.0 Å². The predicted molar refractivity (Wildman–Crippen MR) is 78.1 cm³/mol. The maximum absolute atomic E-state index is 12.7. The molecule has 0 aromatic heterocycles. The number of rotatable bonds is 4. The van der Waals surface area contributed by atoms with E-state index in [9.17, 15) is 18.0 Å². The standard InChI is InChI=1S/C14H19F3N2O.ClH/c1-9(8-18)13(20)19(3)10(2)11-5-4-6-12(7-11)14(15,16)17;/h4-7,9-10H,8,18H2,1-3H3;1H. The smallest absolute Gasteiger partial charge is 0.339 e. The van der Waals surface area contributed by atoms with E-state index in [0.29, 0.717) is 5.56 Å². The maximum atomic E-state index is 12.7. The summed E-state index contributed by atoms with van der Waals surface area (Å²) in [6.45, 7) is 3.59. The number of carbonyl (C=O) groups excluding carboxylic acids is 1. The Morgan fingerprint density at radius 2 is 1.90 bits per heavy atom. The third-order valence-electron chi connectivity index (χ3n) is 3.40. The van der Waals surface area contributed by atoms with Gasteiger partial charge in [0.05, 0.1) is 11.6 Å². The van der Waals surface area contributed by atoms with Crippen LogP contribution < -0.4 is 5.73 Å². The van der Waals surface area contributed by atoms with E-state index in [1.54, 1.807) is 27.0 Å². The van der Waals surface area contributed by atoms with Crippen molar-refractivity contribution >= 4 is 18.3 Å². The van der Waals surface area contributed by atoms with Crippen molar-refractivity contribution in [2.75, 3.05) is 13.6 Å². The number of nitrogens with two attached hydrogens (primary N) is 1. The molecule has 1 aromatic carbocycles. The molecule has 2 N–H and O–H groups in total. The monoisotopic (exact) mass is 324 g/mol. The second-order valence-corrected chi connectivity index (χ2v) is 4.89. The van der Waals surface area contributed by atoms with Crippen LogP contribution in [-0.2, 0) is 11.0 Å². The van der Waals surface area contributed by atoms with Gasteiger partial charge in [-0.2, -0.15) is 13.2 Å². The summed E-state index contributed by atoms with van der Waals surface area (Å²) >= 11 is 0. The van der Waals surface area contributed by atoms with Gasteiger partial charge in [-0.3, -0.25) is 4.79 Å². The molecule has 21 heavy (non-hydrogen) atoms. The summed E-state index contributed by atoms with van der Waals surface area (Å²) in [5, 5.41) is 0. The molecule has 0 heterocycles. The molecule has 1 rings (SSSR count). The fourth-order valence-corrected chi connectivity index (χ4v) is 1.84. The number of hydrogen-bond donors (Lipinski definition) is 1. The first-order valence-corrected chi connectivity index (χ1v) is 6.32. The summed E-state index contributed by atoms with van der Waals surface area (Å²) in [5.41, 5.74) is 5.17. The van der Waals surface area contributed by atoms with Crippen LogP contribution in [0, 0.1) is 5.92 Å². The van der Waals surface area contributed by atoms with Gasteiger partial charge in [0.2, 0.25) is 5.91 Å². The van der Waals surface area contributed by atoms with Gasteiger partial charge in [0.15, 0.2) is 0 Å². The van der Waals surface area contributed by atoms with Crippen LogP contribution >= 0.6 is 12.4 Å². The molecule has 0 radical (unpaired) electrons. The predicted octanol–water partition coefficient (Wildman–Crippen LogP) is 3.24. The Hall–Kier alpha value is -1.27. The van der Waals surface area contributed by atoms with Gasteiger partial charge in [-0.05, 0) is 24.6 Å². The molecule has 0 aliphatic heterocycles. The fraction of sp³-hybridized carbons (Fsp3) is 0.500. The number of amides is 1. The minimum atomic E-state index is -4.39. The molecule has 0 fully saturated rings. The molecule has 0 aliphatic rings. The highest BCUT2D eigenvalue weighted by Gasteiger charge is 2.31. The zero-order valence-corrected chi connectivity index (χ0v) is 13.0. The van der Waals surface area contributed by atoms with Gasteiger partial charge < -0.3 is 10.6 Å². The van der Waals surface area contributed by atoms with Crippen LogP contribution in [0.5, 0.6) is 0 Å². The minimum Gasteiger partial charge on any atom is -0.339 e. The van der Waals surface area contributed by atoms with E-state index in [1.807, 2.05) is 0 Å². The minimum absolute atomic E-state index is 0. The number of hydrogen-bond acceptors (Lipinski definition) is 2. The van der Waals surface area contributed by atoms with Crippen LogP contribution in [0.15, 0.2) is 24.3 Å². The van der Waals surface area contributed by atoms with Crippen LogP contribution in [0.2, 0.25) is 0 Å². The van der Waals surface area contributed by atoms with Crippen molar-refractivity contribution in [1.29, 1.82) is 0 Å². The summed E-state index contributed by atoms with van der Waals surface area (Å²) in [7, 11) is 1.57. The molecule has 2 unspecified atom stereocenters. The number of alkyl halides is 3. The zero-order valence-electron chi connectivity index (χ0n) is 12.1. The van der Waals surface area contributed by atoms with Gasteiger partial charge in [-0.1, -0.05) is 19.1 Å². The first-order valence-electron chi connectivity index (χ1n) is 6.32. The molecule has 2 atom stereocenters. The van der Waals surface area contributed by atoms with Crippen molar-refractivity contribution in [2.45, 2.75) is 26.1 Å². The molecule has 0 spiro atoms. The van der Waals surface area contributed by atoms with E-state index < -0.39 is 17.8 Å². The van der Waals surface area contributed by atoms with Crippen molar-refractivity contribution in [3.8, 4) is 0 Å². The molecule has 0 aliphatic carbocycles. The summed E-state index contributed by atoms with van der Waals surface area (Å²) in [5.74, 6) is -0.536. The van der Waals surface area contributed by atoms with Crippen LogP contribution in [-0.4, -0.2) is 24.4 Å². The lowest BCUT2D eigenvalue weighted by Gasteiger charge is -2.28. The average Bonchev–Trinajstić information content (AvgIpc) is 2.43. The molecular formula is C14H20ClF3N2O. The summed E-state index contributed by atoms with van der Waals surface area (Å²) in [6, 6.07) is 4.57. The second kappa shape index (κ2) is 7.66. The number of halogens is 4. The lowest BCUT2D eigenvalue weighted by atomic mass is 10.0. The first kappa shape index (κ1) is 19.7. The topological polar surface area (TPSA) is 46.3 Å². The molecule has 1 amide bonds. The largest absolute Gasteiger partial charge is 0.416 e. The van der Waals surface area contributed by atoms with Gasteiger partial charge in [0.1, 0.15) is 0 Å². The first-order chi connectivity index (χ1) is 9.18. The Morgan fingerprint density at radius 1 is 1.33 bits per heavy atom. The number of benzene rings is 1. The summed E-state index contributed by atoms with van der Waals surface area (Å²) in [4.78, 5) is 13.4. The molecule has 0 saturated heterocycles. The molecule has 3 nitrogen and oxygen atoms in total. The highest BCUT2D eigenvalue weighted by molar-refractivity contribution is 5.85. The molecule has 0 saturated carbocycles. The van der Waals surface area contributed by atoms with E-state index in [2.05, 4.69) is 0 Å². The lowest BCUT2D eigenvalue weighted by Crippen LogP contribution is -2.36. The van der Waals surface area contributed by atoms with Crippen molar-refractivity contribution in [3.05, 3.63) is 35.4 Å². The van der Waals surface area contributed by atoms with Gasteiger partial charge >= 0.3 is 6.18 Å². The highest BCUT2D eigenvalue weighted by Crippen LogP contribution is 2.31. The SMILES string of the molecule is CC(CN)C(=O)N(C)C(C)c1cccc(C(F)(F)F)c1.Cl. The highest BCUT2D eigenvalue weighted by atomic mass is 35.5. The van der Waals surface area contributed by atoms with Crippen molar-refractivity contribution < 1.29 is 18.0 Å². The number of carbonyl (C=O) groups is 1. The molecule has 0 bridgehead atoms. The van der Waals surface area contributed by atoms with Crippen LogP contribution in [0.4, 0.5) is 13.2 Å². The maximum Gasteiger partial charge on any atom is 0.416 e. The average molecular weight is 325 g/mol. The quantitative estimate of drug-likeness (QED) is 0.924. The lowest BCUT2D eigenvalue weighted by molar-refractivity contribution is -0.137. The summed E-state index contributed by atoms with van der Waals surface area (Å²) in [6.07, 6.45) is -4.39. The zero-order chi connectivity index (χ0) is 15.5. The Morgan fingerprint density at radius 3 is 2.38 bits per heavy atom. The van der Waals surface area contributed by atoms with E-state index in [4.69, 9.17) is 5.73 Å². The van der Waals surface area contributed by atoms with Crippen molar-refractivity contribution in [1.82, 2.24) is 4.90 Å². The summed E-state index contributed by atoms with van der Waals surface area (Å²) < 4.78 is 38.0. The normalized spacial score (nSPS) is 14.0. The molecular weight excluding hydrogens is 305 g/mol. The van der Waals surface area contributed by atoms with E-state index in [-0.39, 0.29) is 30.8 Å². The third-order valence-corrected chi connectivity index (χ3v) is 3.40. The molecule has 120 valence electrons. The Bertz CT molecular complexity index is 480. The van der Waals surface area contributed by atoms with Crippen molar-refractivity contribution in [2.24, 2.45) is 11.7 Å². The molecule has 7 heteroatoms. The third kappa shape index (κ3) is 4.89. The van der Waals surface area contributed by atoms with Crippen molar-refractivity contribution in [3.63, 3.8) is 0 Å². The van der Waals surface area contributed by atoms with Crippen LogP contribution in [0.3, 0.4) is 0 Å². The van der Waals surface area contributed by atoms with Gasteiger partial charge in [0, 0.05) is 19.5 Å². The van der Waals surface area contributed by atoms with E-state index in [0.717, 1.165) is 12.1 Å². The molecule has 1 aromatic rings. The van der Waals surface area contributed by atoms with Gasteiger partial charge in [-0.25, -0.2) is 0 Å². The second-order valence-electron chi connectivity index (χ2n) is 4.89. The number of nitrogens with zero attached hydrogens (tertiary/aromatic N) is 1. The van der Waals surface area contributed by atoms with Gasteiger partial charge in [-0.15, -0.1) is 12.4 Å². The fourth-order valence-electron chi connectivity index (χ4n) is 1.84. The Labute approximate surface area is 128 Å². The van der Waals surface area contributed by atoms with E-state index in [1.165, 1.54) is 11.0 Å². The Kier molecular flexibility index (Phi) is 7.19.